The van der Waals surface area contributed by atoms with E-state index in [1.165, 1.54) is 23.5 Å². The molecule has 0 aliphatic carbocycles. The minimum Gasteiger partial charge on any atom is -0.497 e. The third-order valence-electron chi connectivity index (χ3n) is 5.08. The van der Waals surface area contributed by atoms with Crippen LogP contribution in [0.2, 0.25) is 0 Å². The van der Waals surface area contributed by atoms with Gasteiger partial charge < -0.3 is 14.8 Å². The highest BCUT2D eigenvalue weighted by atomic mass is 32.2. The third-order valence-corrected chi connectivity index (χ3v) is 6.96. The van der Waals surface area contributed by atoms with Gasteiger partial charge in [-0.2, -0.15) is 4.31 Å². The van der Waals surface area contributed by atoms with Crippen molar-refractivity contribution in [2.45, 2.75) is 24.3 Å². The quantitative estimate of drug-likeness (QED) is 0.747. The van der Waals surface area contributed by atoms with E-state index < -0.39 is 10.0 Å². The molecular weight excluding hydrogens is 392 g/mol. The zero-order valence-electron chi connectivity index (χ0n) is 16.6. The Morgan fingerprint density at radius 1 is 1.03 bits per heavy atom. The SMILES string of the molecule is COc1ccc(CNC(=O)[C@@H]2CCCN(S(=O)(=O)c3ccc(OC)cc3)C2)cc1. The molecule has 8 heteroatoms. The first kappa shape index (κ1) is 21.1. The van der Waals surface area contributed by atoms with Crippen LogP contribution in [0.25, 0.3) is 0 Å². The summed E-state index contributed by atoms with van der Waals surface area (Å²) in [4.78, 5) is 12.8. The zero-order valence-corrected chi connectivity index (χ0v) is 17.4. The topological polar surface area (TPSA) is 84.9 Å². The lowest BCUT2D eigenvalue weighted by Crippen LogP contribution is -2.45. The normalized spacial score (nSPS) is 17.5. The molecule has 3 rings (SSSR count). The monoisotopic (exact) mass is 418 g/mol. The fraction of sp³-hybridized carbons (Fsp3) is 0.381. The molecule has 1 heterocycles. The average Bonchev–Trinajstić information content (AvgIpc) is 2.78. The van der Waals surface area contributed by atoms with Gasteiger partial charge in [-0.05, 0) is 54.8 Å². The van der Waals surface area contributed by atoms with Crippen molar-refractivity contribution >= 4 is 15.9 Å². The number of amides is 1. The molecule has 29 heavy (non-hydrogen) atoms. The highest BCUT2D eigenvalue weighted by Crippen LogP contribution is 2.25. The van der Waals surface area contributed by atoms with Crippen molar-refractivity contribution in [2.75, 3.05) is 27.3 Å². The van der Waals surface area contributed by atoms with Crippen LogP contribution in [-0.4, -0.2) is 45.9 Å². The van der Waals surface area contributed by atoms with Crippen molar-refractivity contribution in [3.05, 3.63) is 54.1 Å². The fourth-order valence-corrected chi connectivity index (χ4v) is 4.87. The minimum atomic E-state index is -3.64. The van der Waals surface area contributed by atoms with Crippen LogP contribution in [0.5, 0.6) is 11.5 Å². The van der Waals surface area contributed by atoms with Crippen LogP contribution in [0.4, 0.5) is 0 Å². The molecule has 1 aliphatic rings. The molecule has 0 bridgehead atoms. The standard InChI is InChI=1S/C21H26N2O5S/c1-27-18-7-5-16(6-8-18)14-22-21(24)17-4-3-13-23(15-17)29(25,26)20-11-9-19(28-2)10-12-20/h5-12,17H,3-4,13-15H2,1-2H3,(H,22,24)/t17-/m1/s1. The van der Waals surface area contributed by atoms with E-state index >= 15 is 0 Å². The predicted molar refractivity (Wildman–Crippen MR) is 109 cm³/mol. The Labute approximate surface area is 171 Å². The number of ether oxygens (including phenoxy) is 2. The van der Waals surface area contributed by atoms with Crippen LogP contribution < -0.4 is 14.8 Å². The van der Waals surface area contributed by atoms with Crippen LogP contribution in [-0.2, 0) is 21.4 Å². The van der Waals surface area contributed by atoms with Gasteiger partial charge in [-0.3, -0.25) is 4.79 Å². The van der Waals surface area contributed by atoms with Crippen LogP contribution in [0.1, 0.15) is 18.4 Å². The molecule has 1 amide bonds. The molecule has 0 unspecified atom stereocenters. The number of piperidine rings is 1. The highest BCUT2D eigenvalue weighted by Gasteiger charge is 2.33. The Hall–Kier alpha value is -2.58. The van der Waals surface area contributed by atoms with Crippen LogP contribution in [0, 0.1) is 5.92 Å². The smallest absolute Gasteiger partial charge is 0.243 e. The summed E-state index contributed by atoms with van der Waals surface area (Å²) in [5, 5.41) is 2.92. The van der Waals surface area contributed by atoms with Gasteiger partial charge in [0.2, 0.25) is 15.9 Å². The largest absolute Gasteiger partial charge is 0.497 e. The number of hydrogen-bond acceptors (Lipinski definition) is 5. The van der Waals surface area contributed by atoms with Gasteiger partial charge in [0.25, 0.3) is 0 Å². The molecule has 0 radical (unpaired) electrons. The van der Waals surface area contributed by atoms with E-state index in [2.05, 4.69) is 5.32 Å². The van der Waals surface area contributed by atoms with Gasteiger partial charge in [0.05, 0.1) is 25.0 Å². The van der Waals surface area contributed by atoms with Gasteiger partial charge in [-0.1, -0.05) is 12.1 Å². The van der Waals surface area contributed by atoms with Gasteiger partial charge >= 0.3 is 0 Å². The molecule has 0 aromatic heterocycles. The zero-order chi connectivity index (χ0) is 20.9. The number of sulfonamides is 1. The lowest BCUT2D eigenvalue weighted by atomic mass is 9.99. The fourth-order valence-electron chi connectivity index (χ4n) is 3.35. The molecule has 0 spiro atoms. The summed E-state index contributed by atoms with van der Waals surface area (Å²) in [6.45, 7) is 0.990. The average molecular weight is 419 g/mol. The van der Waals surface area contributed by atoms with Crippen LogP contribution >= 0.6 is 0 Å². The molecular formula is C21H26N2O5S. The number of nitrogens with zero attached hydrogens (tertiary/aromatic N) is 1. The molecule has 1 fully saturated rings. The first-order chi connectivity index (χ1) is 13.9. The second-order valence-electron chi connectivity index (χ2n) is 6.94. The van der Waals surface area contributed by atoms with Crippen LogP contribution in [0.15, 0.2) is 53.4 Å². The maximum Gasteiger partial charge on any atom is 0.243 e. The molecule has 1 atom stereocenters. The van der Waals surface area contributed by atoms with Crippen molar-refractivity contribution in [3.63, 3.8) is 0 Å². The van der Waals surface area contributed by atoms with E-state index in [-0.39, 0.29) is 23.3 Å². The number of hydrogen-bond donors (Lipinski definition) is 1. The Kier molecular flexibility index (Phi) is 6.76. The summed E-state index contributed by atoms with van der Waals surface area (Å²) >= 11 is 0. The number of nitrogens with one attached hydrogen (secondary N) is 1. The van der Waals surface area contributed by atoms with E-state index in [9.17, 15) is 13.2 Å². The summed E-state index contributed by atoms with van der Waals surface area (Å²) in [7, 11) is -0.511. The van der Waals surface area contributed by atoms with Gasteiger partial charge in [0, 0.05) is 19.6 Å². The number of benzene rings is 2. The summed E-state index contributed by atoms with van der Waals surface area (Å²) < 4.78 is 37.5. The molecule has 7 nitrogen and oxygen atoms in total. The maximum absolute atomic E-state index is 12.9. The Balaban J connectivity index is 1.61. The van der Waals surface area contributed by atoms with Gasteiger partial charge in [-0.15, -0.1) is 0 Å². The lowest BCUT2D eigenvalue weighted by Gasteiger charge is -2.31. The van der Waals surface area contributed by atoms with E-state index in [4.69, 9.17) is 9.47 Å². The van der Waals surface area contributed by atoms with E-state index in [1.54, 1.807) is 19.2 Å². The summed E-state index contributed by atoms with van der Waals surface area (Å²) in [6.07, 6.45) is 1.32. The lowest BCUT2D eigenvalue weighted by molar-refractivity contribution is -0.126. The van der Waals surface area contributed by atoms with Crippen molar-refractivity contribution in [1.29, 1.82) is 0 Å². The Morgan fingerprint density at radius 3 is 2.21 bits per heavy atom. The Morgan fingerprint density at radius 2 is 1.62 bits per heavy atom. The molecule has 0 saturated carbocycles. The van der Waals surface area contributed by atoms with E-state index in [0.29, 0.717) is 31.7 Å². The highest BCUT2D eigenvalue weighted by molar-refractivity contribution is 7.89. The minimum absolute atomic E-state index is 0.129. The number of carbonyl (C=O) groups excluding carboxylic acids is 1. The molecule has 1 N–H and O–H groups in total. The first-order valence-corrected chi connectivity index (χ1v) is 10.9. The second-order valence-corrected chi connectivity index (χ2v) is 8.88. The van der Waals surface area contributed by atoms with Gasteiger partial charge in [-0.25, -0.2) is 8.42 Å². The molecule has 156 valence electrons. The third kappa shape index (κ3) is 5.07. The molecule has 2 aromatic carbocycles. The van der Waals surface area contributed by atoms with E-state index in [0.717, 1.165) is 11.3 Å². The maximum atomic E-state index is 12.9. The van der Waals surface area contributed by atoms with Crippen molar-refractivity contribution < 1.29 is 22.7 Å². The Bertz CT molecular complexity index is 927. The number of rotatable bonds is 7. The summed E-state index contributed by atoms with van der Waals surface area (Å²) in [5.74, 6) is 0.857. The van der Waals surface area contributed by atoms with Crippen molar-refractivity contribution in [3.8, 4) is 11.5 Å². The summed E-state index contributed by atoms with van der Waals surface area (Å²) in [5.41, 5.74) is 0.956. The number of carbonyl (C=O) groups is 1. The molecule has 1 aliphatic heterocycles. The summed E-state index contributed by atoms with van der Waals surface area (Å²) in [6, 6.07) is 13.8. The molecule has 2 aromatic rings. The van der Waals surface area contributed by atoms with Crippen molar-refractivity contribution in [2.24, 2.45) is 5.92 Å². The molecule has 1 saturated heterocycles. The predicted octanol–water partition coefficient (Wildman–Crippen LogP) is 2.42. The van der Waals surface area contributed by atoms with Crippen LogP contribution in [0.3, 0.4) is 0 Å². The van der Waals surface area contributed by atoms with Gasteiger partial charge in [0.1, 0.15) is 11.5 Å². The first-order valence-electron chi connectivity index (χ1n) is 9.49. The van der Waals surface area contributed by atoms with Crippen molar-refractivity contribution in [1.82, 2.24) is 9.62 Å². The number of methoxy groups -OCH3 is 2. The van der Waals surface area contributed by atoms with Gasteiger partial charge in [0.15, 0.2) is 0 Å². The second kappa shape index (κ2) is 9.28. The van der Waals surface area contributed by atoms with E-state index in [1.807, 2.05) is 24.3 Å².